The van der Waals surface area contributed by atoms with Gasteiger partial charge in [-0.15, -0.1) is 0 Å². The number of benzene rings is 1. The number of aryl methyl sites for hydroxylation is 1. The van der Waals surface area contributed by atoms with E-state index in [4.69, 9.17) is 4.74 Å². The van der Waals surface area contributed by atoms with Crippen molar-refractivity contribution in [1.29, 1.82) is 0 Å². The minimum atomic E-state index is -3.55. The molecule has 2 rings (SSSR count). The van der Waals surface area contributed by atoms with E-state index in [0.717, 1.165) is 30.6 Å². The Morgan fingerprint density at radius 3 is 2.32 bits per heavy atom. The molecule has 0 aromatic heterocycles. The maximum absolute atomic E-state index is 12.8. The Labute approximate surface area is 152 Å². The Balaban J connectivity index is 2.17. The minimum absolute atomic E-state index is 0.0902. The highest BCUT2D eigenvalue weighted by Crippen LogP contribution is 2.30. The Hall–Kier alpha value is -1.11. The van der Waals surface area contributed by atoms with Gasteiger partial charge >= 0.3 is 0 Å². The molecule has 1 fully saturated rings. The molecule has 0 amide bonds. The summed E-state index contributed by atoms with van der Waals surface area (Å²) in [5.41, 5.74) is 0.619. The first-order valence-corrected chi connectivity index (χ1v) is 10.5. The van der Waals surface area contributed by atoms with Crippen LogP contribution in [0.5, 0.6) is 5.75 Å². The van der Waals surface area contributed by atoms with E-state index in [2.05, 4.69) is 37.7 Å². The lowest BCUT2D eigenvalue weighted by atomic mass is 9.80. The van der Waals surface area contributed by atoms with Gasteiger partial charge in [0.05, 0.1) is 11.5 Å². The van der Waals surface area contributed by atoms with Gasteiger partial charge < -0.3 is 10.1 Å². The van der Waals surface area contributed by atoms with Crippen molar-refractivity contribution in [2.45, 2.75) is 82.8 Å². The van der Waals surface area contributed by atoms with Crippen molar-refractivity contribution >= 4 is 10.0 Å². The van der Waals surface area contributed by atoms with Crippen molar-refractivity contribution in [3.8, 4) is 5.75 Å². The molecule has 0 atom stereocenters. The van der Waals surface area contributed by atoms with E-state index in [1.165, 1.54) is 0 Å². The molecule has 2 N–H and O–H groups in total. The second-order valence-electron chi connectivity index (χ2n) is 8.39. The summed E-state index contributed by atoms with van der Waals surface area (Å²) >= 11 is 0. The third-order valence-electron chi connectivity index (χ3n) is 4.43. The Morgan fingerprint density at radius 1 is 1.20 bits per heavy atom. The van der Waals surface area contributed by atoms with Crippen molar-refractivity contribution in [1.82, 2.24) is 10.0 Å². The van der Waals surface area contributed by atoms with Gasteiger partial charge in [-0.3, -0.25) is 0 Å². The molecule has 0 unspecified atom stereocenters. The van der Waals surface area contributed by atoms with Gasteiger partial charge in [0.1, 0.15) is 5.75 Å². The highest BCUT2D eigenvalue weighted by molar-refractivity contribution is 7.89. The average Bonchev–Trinajstić information content (AvgIpc) is 2.41. The first-order valence-electron chi connectivity index (χ1n) is 8.99. The lowest BCUT2D eigenvalue weighted by Crippen LogP contribution is -2.62. The summed E-state index contributed by atoms with van der Waals surface area (Å²) in [5.74, 6) is 0.741. The van der Waals surface area contributed by atoms with Crippen LogP contribution in [0, 0.1) is 6.92 Å². The topological polar surface area (TPSA) is 67.4 Å². The molecule has 0 aliphatic carbocycles. The highest BCUT2D eigenvalue weighted by Gasteiger charge is 2.39. The molecule has 0 spiro atoms. The van der Waals surface area contributed by atoms with Gasteiger partial charge in [-0.05, 0) is 77.6 Å². The van der Waals surface area contributed by atoms with E-state index in [1.807, 2.05) is 13.8 Å². The van der Waals surface area contributed by atoms with Crippen LogP contribution in [0.15, 0.2) is 23.1 Å². The van der Waals surface area contributed by atoms with Crippen LogP contribution < -0.4 is 14.8 Å². The third-order valence-corrected chi connectivity index (χ3v) is 5.95. The van der Waals surface area contributed by atoms with Gasteiger partial charge in [0, 0.05) is 17.1 Å². The van der Waals surface area contributed by atoms with Crippen molar-refractivity contribution < 1.29 is 13.2 Å². The summed E-state index contributed by atoms with van der Waals surface area (Å²) in [6, 6.07) is 4.96. The number of hydrogen-bond donors (Lipinski definition) is 2. The van der Waals surface area contributed by atoms with E-state index in [-0.39, 0.29) is 17.1 Å². The predicted molar refractivity (Wildman–Crippen MR) is 102 cm³/mol. The number of sulfonamides is 1. The molecule has 25 heavy (non-hydrogen) atoms. The lowest BCUT2D eigenvalue weighted by Gasteiger charge is -2.46. The third kappa shape index (κ3) is 5.43. The van der Waals surface area contributed by atoms with Gasteiger partial charge in [-0.1, -0.05) is 6.92 Å². The van der Waals surface area contributed by atoms with Gasteiger partial charge in [-0.25, -0.2) is 13.1 Å². The van der Waals surface area contributed by atoms with Crippen LogP contribution in [-0.2, 0) is 10.0 Å². The van der Waals surface area contributed by atoms with Crippen molar-refractivity contribution in [3.05, 3.63) is 23.8 Å². The van der Waals surface area contributed by atoms with E-state index in [1.54, 1.807) is 18.2 Å². The molecule has 0 saturated carbocycles. The van der Waals surface area contributed by atoms with Crippen LogP contribution in [-0.4, -0.2) is 32.1 Å². The second-order valence-corrected chi connectivity index (χ2v) is 10.1. The van der Waals surface area contributed by atoms with Crippen LogP contribution in [0.3, 0.4) is 0 Å². The Kier molecular flexibility index (Phi) is 5.86. The molecule has 5 nitrogen and oxygen atoms in total. The van der Waals surface area contributed by atoms with Crippen molar-refractivity contribution in [2.24, 2.45) is 0 Å². The smallest absolute Gasteiger partial charge is 0.240 e. The molecule has 1 aromatic carbocycles. The zero-order chi connectivity index (χ0) is 18.9. The maximum Gasteiger partial charge on any atom is 0.240 e. The molecular formula is C19H32N2O3S. The summed E-state index contributed by atoms with van der Waals surface area (Å²) in [6.07, 6.45) is 2.43. The Morgan fingerprint density at radius 2 is 1.80 bits per heavy atom. The number of hydrogen-bond acceptors (Lipinski definition) is 4. The van der Waals surface area contributed by atoms with E-state index in [0.29, 0.717) is 11.5 Å². The second kappa shape index (κ2) is 7.25. The summed E-state index contributed by atoms with van der Waals surface area (Å²) in [7, 11) is -3.55. The Bertz CT molecular complexity index is 695. The normalized spacial score (nSPS) is 20.4. The fraction of sp³-hybridized carbons (Fsp3) is 0.684. The van der Waals surface area contributed by atoms with Gasteiger partial charge in [0.2, 0.25) is 10.0 Å². The summed E-state index contributed by atoms with van der Waals surface area (Å²) in [5, 5.41) is 3.57. The molecule has 142 valence electrons. The largest absolute Gasteiger partial charge is 0.493 e. The summed E-state index contributed by atoms with van der Waals surface area (Å²) in [4.78, 5) is 0.294. The van der Waals surface area contributed by atoms with Crippen LogP contribution in [0.25, 0.3) is 0 Å². The highest BCUT2D eigenvalue weighted by atomic mass is 32.2. The molecule has 1 aromatic rings. The molecule has 1 saturated heterocycles. The zero-order valence-corrected chi connectivity index (χ0v) is 17.1. The molecule has 0 bridgehead atoms. The first kappa shape index (κ1) is 20.2. The standard InChI is InChI=1S/C19H32N2O3S/c1-7-10-24-17-9-8-16(11-14(17)2)25(22,23)20-15-12-18(3,4)21-19(5,6)13-15/h8-9,11,15,20-21H,7,10,12-13H2,1-6H3. The molecule has 1 heterocycles. The molecule has 6 heteroatoms. The van der Waals surface area contributed by atoms with Gasteiger partial charge in [0.15, 0.2) is 0 Å². The quantitative estimate of drug-likeness (QED) is 0.808. The van der Waals surface area contributed by atoms with E-state index in [9.17, 15) is 8.42 Å². The SMILES string of the molecule is CCCOc1ccc(S(=O)(=O)NC2CC(C)(C)NC(C)(C)C2)cc1C. The fourth-order valence-electron chi connectivity index (χ4n) is 3.86. The van der Waals surface area contributed by atoms with Crippen LogP contribution in [0.4, 0.5) is 0 Å². The minimum Gasteiger partial charge on any atom is -0.493 e. The summed E-state index contributed by atoms with van der Waals surface area (Å²) < 4.78 is 34.2. The van der Waals surface area contributed by atoms with E-state index >= 15 is 0 Å². The number of piperidine rings is 1. The molecule has 1 aliphatic heterocycles. The maximum atomic E-state index is 12.8. The number of ether oxygens (including phenoxy) is 1. The zero-order valence-electron chi connectivity index (χ0n) is 16.3. The molecule has 1 aliphatic rings. The monoisotopic (exact) mass is 368 g/mol. The van der Waals surface area contributed by atoms with Gasteiger partial charge in [0.25, 0.3) is 0 Å². The number of nitrogens with one attached hydrogen (secondary N) is 2. The van der Waals surface area contributed by atoms with E-state index < -0.39 is 10.0 Å². The van der Waals surface area contributed by atoms with Gasteiger partial charge in [-0.2, -0.15) is 0 Å². The van der Waals surface area contributed by atoms with Crippen molar-refractivity contribution in [2.75, 3.05) is 6.61 Å². The van der Waals surface area contributed by atoms with Crippen LogP contribution in [0.2, 0.25) is 0 Å². The fourth-order valence-corrected chi connectivity index (χ4v) is 5.18. The lowest BCUT2D eigenvalue weighted by molar-refractivity contribution is 0.157. The predicted octanol–water partition coefficient (Wildman–Crippen LogP) is 3.37. The average molecular weight is 369 g/mol. The van der Waals surface area contributed by atoms with Crippen molar-refractivity contribution in [3.63, 3.8) is 0 Å². The number of rotatable bonds is 6. The summed E-state index contributed by atoms with van der Waals surface area (Å²) in [6.45, 7) is 13.0. The molecular weight excluding hydrogens is 336 g/mol. The van der Waals surface area contributed by atoms with Crippen LogP contribution in [0.1, 0.15) is 59.4 Å². The molecule has 0 radical (unpaired) electrons. The van der Waals surface area contributed by atoms with Crippen LogP contribution >= 0.6 is 0 Å². The first-order chi connectivity index (χ1) is 11.4.